The van der Waals surface area contributed by atoms with Crippen molar-refractivity contribution in [1.82, 2.24) is 0 Å². The Labute approximate surface area is 83.1 Å². The molecule has 0 radical (unpaired) electrons. The molecule has 76 valence electrons. The molecule has 0 saturated heterocycles. The molecule has 0 amide bonds. The van der Waals surface area contributed by atoms with Gasteiger partial charge in [0, 0.05) is 0 Å². The molecule has 2 aliphatic carbocycles. The lowest BCUT2D eigenvalue weighted by molar-refractivity contribution is -0.149. The highest BCUT2D eigenvalue weighted by atomic mass is 14.6. The summed E-state index contributed by atoms with van der Waals surface area (Å²) >= 11 is 0. The lowest BCUT2D eigenvalue weighted by Crippen LogP contribution is -2.57. The topological polar surface area (TPSA) is 0 Å². The molecule has 2 fully saturated rings. The average molecular weight is 180 g/mol. The maximum absolute atomic E-state index is 2.49. The zero-order valence-electron chi connectivity index (χ0n) is 9.42. The highest BCUT2D eigenvalue weighted by Crippen LogP contribution is 2.63. The molecule has 0 aromatic rings. The molecule has 0 aromatic carbocycles. The van der Waals surface area contributed by atoms with Crippen molar-refractivity contribution in [2.45, 2.75) is 52.9 Å². The first-order valence-corrected chi connectivity index (χ1v) is 6.29. The third-order valence-corrected chi connectivity index (χ3v) is 4.87. The van der Waals surface area contributed by atoms with E-state index in [0.717, 1.165) is 29.6 Å². The largest absolute Gasteiger partial charge is 0.0654 e. The number of hydrogen-bond donors (Lipinski definition) is 0. The molecule has 0 nitrogen and oxygen atoms in total. The van der Waals surface area contributed by atoms with E-state index in [4.69, 9.17) is 0 Å². The van der Waals surface area contributed by atoms with Crippen LogP contribution in [0.5, 0.6) is 0 Å². The normalized spacial score (nSPS) is 47.8. The van der Waals surface area contributed by atoms with E-state index in [1.54, 1.807) is 6.42 Å². The van der Waals surface area contributed by atoms with Crippen molar-refractivity contribution >= 4 is 0 Å². The third kappa shape index (κ3) is 1.33. The van der Waals surface area contributed by atoms with Crippen LogP contribution in [0.4, 0.5) is 0 Å². The zero-order valence-corrected chi connectivity index (χ0v) is 9.42. The van der Waals surface area contributed by atoms with Crippen LogP contribution in [-0.2, 0) is 0 Å². The van der Waals surface area contributed by atoms with Gasteiger partial charge in [-0.3, -0.25) is 0 Å². The Bertz CT molecular complexity index is 169. The van der Waals surface area contributed by atoms with Crippen molar-refractivity contribution in [2.75, 3.05) is 0 Å². The molecule has 2 saturated carbocycles. The molecule has 0 aliphatic heterocycles. The van der Waals surface area contributed by atoms with Crippen LogP contribution in [0.15, 0.2) is 0 Å². The van der Waals surface area contributed by atoms with Crippen molar-refractivity contribution < 1.29 is 0 Å². The van der Waals surface area contributed by atoms with E-state index in [1.165, 1.54) is 25.7 Å². The molecule has 2 rings (SSSR count). The van der Waals surface area contributed by atoms with Gasteiger partial charge in [-0.2, -0.15) is 0 Å². The monoisotopic (exact) mass is 180 g/mol. The molecule has 0 heterocycles. The fraction of sp³-hybridized carbons (Fsp3) is 1.00. The molecule has 5 atom stereocenters. The van der Waals surface area contributed by atoms with Gasteiger partial charge in [0.2, 0.25) is 0 Å². The molecule has 0 heteroatoms. The first-order chi connectivity index (χ1) is 6.29. The lowest BCUT2D eigenvalue weighted by Gasteiger charge is -2.63. The Hall–Kier alpha value is 0. The van der Waals surface area contributed by atoms with Gasteiger partial charge in [0.1, 0.15) is 0 Å². The van der Waals surface area contributed by atoms with E-state index >= 15 is 0 Å². The zero-order chi connectivity index (χ0) is 9.42. The molecule has 0 N–H and O–H groups in total. The Morgan fingerprint density at radius 1 is 1.23 bits per heavy atom. The molecule has 0 aromatic heterocycles. The van der Waals surface area contributed by atoms with Gasteiger partial charge < -0.3 is 0 Å². The van der Waals surface area contributed by atoms with E-state index in [-0.39, 0.29) is 0 Å². The summed E-state index contributed by atoms with van der Waals surface area (Å²) in [6.45, 7) is 7.19. The quantitative estimate of drug-likeness (QED) is 0.611. The fourth-order valence-electron chi connectivity index (χ4n) is 3.91. The fourth-order valence-corrected chi connectivity index (χ4v) is 3.91. The van der Waals surface area contributed by atoms with Gasteiger partial charge in [0.15, 0.2) is 0 Å². The summed E-state index contributed by atoms with van der Waals surface area (Å²) in [6.07, 6.45) is 7.38. The molecule has 2 aliphatic rings. The summed E-state index contributed by atoms with van der Waals surface area (Å²) in [6, 6.07) is 0. The number of hydrogen-bond acceptors (Lipinski definition) is 0. The van der Waals surface area contributed by atoms with Crippen LogP contribution in [0.3, 0.4) is 0 Å². The van der Waals surface area contributed by atoms with Crippen LogP contribution in [0.1, 0.15) is 52.9 Å². The first kappa shape index (κ1) is 9.55. The summed E-state index contributed by atoms with van der Waals surface area (Å²) in [7, 11) is 0. The Morgan fingerprint density at radius 2 is 2.00 bits per heavy atom. The van der Waals surface area contributed by atoms with Crippen LogP contribution >= 0.6 is 0 Å². The van der Waals surface area contributed by atoms with Gasteiger partial charge >= 0.3 is 0 Å². The second-order valence-corrected chi connectivity index (χ2v) is 5.31. The smallest absolute Gasteiger partial charge is 0.0324 e. The minimum atomic E-state index is 1.07. The lowest BCUT2D eigenvalue weighted by atomic mass is 9.42. The number of fused-ring (bicyclic) bond motifs is 1. The first-order valence-electron chi connectivity index (χ1n) is 6.29. The minimum Gasteiger partial charge on any atom is -0.0654 e. The Kier molecular flexibility index (Phi) is 2.67. The summed E-state index contributed by atoms with van der Waals surface area (Å²) < 4.78 is 0. The maximum Gasteiger partial charge on any atom is -0.0324 e. The third-order valence-electron chi connectivity index (χ3n) is 4.87. The van der Waals surface area contributed by atoms with Gasteiger partial charge in [0.25, 0.3) is 0 Å². The average Bonchev–Trinajstić information content (AvgIpc) is 2.11. The van der Waals surface area contributed by atoms with Crippen molar-refractivity contribution in [3.8, 4) is 0 Å². The van der Waals surface area contributed by atoms with Gasteiger partial charge in [0.05, 0.1) is 0 Å². The second-order valence-electron chi connectivity index (χ2n) is 5.31. The van der Waals surface area contributed by atoms with Crippen molar-refractivity contribution in [3.05, 3.63) is 0 Å². The van der Waals surface area contributed by atoms with E-state index < -0.39 is 0 Å². The predicted octanol–water partition coefficient (Wildman–Crippen LogP) is 4.10. The van der Waals surface area contributed by atoms with Crippen molar-refractivity contribution in [3.63, 3.8) is 0 Å². The van der Waals surface area contributed by atoms with E-state index in [0.29, 0.717) is 0 Å². The van der Waals surface area contributed by atoms with Crippen LogP contribution in [0.2, 0.25) is 0 Å². The maximum atomic E-state index is 2.49. The summed E-state index contributed by atoms with van der Waals surface area (Å²) in [4.78, 5) is 0. The summed E-state index contributed by atoms with van der Waals surface area (Å²) in [5.74, 6) is 5.60. The molecule has 0 bridgehead atoms. The predicted molar refractivity (Wildman–Crippen MR) is 57.6 cm³/mol. The SMILES string of the molecule is CCCCC1C(C)C2CC(CC)C12. The molecule has 13 heavy (non-hydrogen) atoms. The number of rotatable bonds is 4. The molecular formula is C13H24. The highest BCUT2D eigenvalue weighted by molar-refractivity contribution is 5.05. The summed E-state index contributed by atoms with van der Waals surface area (Å²) in [5.41, 5.74) is 0. The van der Waals surface area contributed by atoms with Crippen LogP contribution in [0, 0.1) is 29.6 Å². The Morgan fingerprint density at radius 3 is 2.62 bits per heavy atom. The molecular weight excluding hydrogens is 156 g/mol. The van der Waals surface area contributed by atoms with Gasteiger partial charge in [-0.1, -0.05) is 40.0 Å². The van der Waals surface area contributed by atoms with Crippen LogP contribution < -0.4 is 0 Å². The van der Waals surface area contributed by atoms with Gasteiger partial charge in [-0.05, 0) is 42.4 Å². The standard InChI is InChI=1S/C13H24/c1-4-6-7-11-9(3)12-8-10(5-2)13(11)12/h9-13H,4-8H2,1-3H3. The molecule has 5 unspecified atom stereocenters. The summed E-state index contributed by atoms with van der Waals surface area (Å²) in [5, 5.41) is 0. The van der Waals surface area contributed by atoms with Crippen LogP contribution in [-0.4, -0.2) is 0 Å². The van der Waals surface area contributed by atoms with Crippen LogP contribution in [0.25, 0.3) is 0 Å². The second kappa shape index (κ2) is 3.63. The van der Waals surface area contributed by atoms with Gasteiger partial charge in [-0.15, -0.1) is 0 Å². The number of unbranched alkanes of at least 4 members (excludes halogenated alkanes) is 1. The van der Waals surface area contributed by atoms with Crippen molar-refractivity contribution in [1.29, 1.82) is 0 Å². The Balaban J connectivity index is 1.82. The highest BCUT2D eigenvalue weighted by Gasteiger charge is 2.56. The van der Waals surface area contributed by atoms with E-state index in [1.807, 2.05) is 0 Å². The van der Waals surface area contributed by atoms with E-state index in [9.17, 15) is 0 Å². The minimum absolute atomic E-state index is 1.07. The van der Waals surface area contributed by atoms with Crippen molar-refractivity contribution in [2.24, 2.45) is 29.6 Å². The van der Waals surface area contributed by atoms with Gasteiger partial charge in [-0.25, -0.2) is 0 Å². The molecule has 0 spiro atoms. The van der Waals surface area contributed by atoms with E-state index in [2.05, 4.69) is 20.8 Å².